The topological polar surface area (TPSA) is 35.5 Å². The molecule has 2 rings (SSSR count). The first kappa shape index (κ1) is 17.5. The van der Waals surface area contributed by atoms with E-state index < -0.39 is 0 Å². The Bertz CT molecular complexity index is 410. The van der Waals surface area contributed by atoms with E-state index in [0.717, 1.165) is 39.0 Å². The molecule has 0 spiro atoms. The molecule has 0 bridgehead atoms. The maximum Gasteiger partial charge on any atom is 0.0564 e. The first-order chi connectivity index (χ1) is 10.7. The van der Waals surface area contributed by atoms with Crippen molar-refractivity contribution in [3.8, 4) is 0 Å². The van der Waals surface area contributed by atoms with Crippen LogP contribution < -0.4 is 5.32 Å². The second-order valence-electron chi connectivity index (χ2n) is 6.59. The highest BCUT2D eigenvalue weighted by Gasteiger charge is 2.16. The normalized spacial score (nSPS) is 18.5. The third-order valence-corrected chi connectivity index (χ3v) is 4.68. The maximum atomic E-state index is 9.51. The summed E-state index contributed by atoms with van der Waals surface area (Å²) in [6.07, 6.45) is 5.37. The highest BCUT2D eigenvalue weighted by molar-refractivity contribution is 5.24. The maximum absolute atomic E-state index is 9.51. The van der Waals surface area contributed by atoms with Crippen LogP contribution in [0.4, 0.5) is 0 Å². The van der Waals surface area contributed by atoms with Crippen molar-refractivity contribution in [3.05, 3.63) is 35.4 Å². The largest absolute Gasteiger partial charge is 0.393 e. The molecule has 3 heteroatoms. The van der Waals surface area contributed by atoms with E-state index in [-0.39, 0.29) is 6.10 Å². The van der Waals surface area contributed by atoms with Crippen molar-refractivity contribution < 1.29 is 5.11 Å². The molecule has 1 aromatic carbocycles. The number of benzene rings is 1. The molecule has 1 fully saturated rings. The van der Waals surface area contributed by atoms with Crippen LogP contribution in [0.5, 0.6) is 0 Å². The van der Waals surface area contributed by atoms with E-state index >= 15 is 0 Å². The fraction of sp³-hybridized carbons (Fsp3) is 0.684. The summed E-state index contributed by atoms with van der Waals surface area (Å²) in [7, 11) is 0. The molecule has 1 aliphatic heterocycles. The number of hydrogen-bond acceptors (Lipinski definition) is 3. The summed E-state index contributed by atoms with van der Waals surface area (Å²) in [5.41, 5.74) is 2.81. The van der Waals surface area contributed by atoms with Crippen LogP contribution in [0.3, 0.4) is 0 Å². The predicted octanol–water partition coefficient (Wildman–Crippen LogP) is 3.14. The summed E-state index contributed by atoms with van der Waals surface area (Å²) < 4.78 is 0. The Hall–Kier alpha value is -0.900. The number of aliphatic hydroxyl groups excluding tert-OH is 1. The lowest BCUT2D eigenvalue weighted by atomic mass is 10.0. The van der Waals surface area contributed by atoms with E-state index in [9.17, 15) is 5.11 Å². The molecule has 1 heterocycles. The molecule has 0 aliphatic carbocycles. The van der Waals surface area contributed by atoms with E-state index in [1.807, 2.05) is 0 Å². The van der Waals surface area contributed by atoms with E-state index in [4.69, 9.17) is 0 Å². The van der Waals surface area contributed by atoms with Crippen molar-refractivity contribution in [2.75, 3.05) is 26.2 Å². The summed E-state index contributed by atoms with van der Waals surface area (Å²) in [5, 5.41) is 13.1. The third-order valence-electron chi connectivity index (χ3n) is 4.68. The van der Waals surface area contributed by atoms with Gasteiger partial charge in [-0.15, -0.1) is 0 Å². The molecule has 124 valence electrons. The Balaban J connectivity index is 1.63. The van der Waals surface area contributed by atoms with E-state index in [1.165, 1.54) is 30.4 Å². The molecule has 0 amide bonds. The lowest BCUT2D eigenvalue weighted by Gasteiger charge is -2.29. The smallest absolute Gasteiger partial charge is 0.0564 e. The number of aliphatic hydroxyl groups is 1. The number of hydrogen-bond donors (Lipinski definition) is 2. The van der Waals surface area contributed by atoms with Crippen LogP contribution >= 0.6 is 0 Å². The van der Waals surface area contributed by atoms with Crippen LogP contribution in [0.25, 0.3) is 0 Å². The molecule has 1 aromatic rings. The lowest BCUT2D eigenvalue weighted by Crippen LogP contribution is -2.37. The van der Waals surface area contributed by atoms with Gasteiger partial charge in [0.15, 0.2) is 0 Å². The van der Waals surface area contributed by atoms with E-state index in [0.29, 0.717) is 6.04 Å². The highest BCUT2D eigenvalue weighted by atomic mass is 16.3. The molecular weight excluding hydrogens is 272 g/mol. The molecule has 0 radical (unpaired) electrons. The Morgan fingerprint density at radius 1 is 1.23 bits per heavy atom. The van der Waals surface area contributed by atoms with Gasteiger partial charge >= 0.3 is 0 Å². The molecule has 2 N–H and O–H groups in total. The molecule has 0 saturated carbocycles. The summed E-state index contributed by atoms with van der Waals surface area (Å²) in [6.45, 7) is 8.76. The van der Waals surface area contributed by atoms with Gasteiger partial charge in [0, 0.05) is 19.1 Å². The van der Waals surface area contributed by atoms with Gasteiger partial charge in [-0.2, -0.15) is 0 Å². The van der Waals surface area contributed by atoms with Gasteiger partial charge in [0.05, 0.1) is 6.10 Å². The van der Waals surface area contributed by atoms with Crippen molar-refractivity contribution >= 4 is 0 Å². The lowest BCUT2D eigenvalue weighted by molar-refractivity contribution is 0.0820. The zero-order valence-corrected chi connectivity index (χ0v) is 14.2. The number of nitrogens with zero attached hydrogens (tertiary/aromatic N) is 1. The van der Waals surface area contributed by atoms with Gasteiger partial charge in [0.25, 0.3) is 0 Å². The molecule has 1 saturated heterocycles. The van der Waals surface area contributed by atoms with Crippen LogP contribution in [0.2, 0.25) is 0 Å². The summed E-state index contributed by atoms with van der Waals surface area (Å²) in [4.78, 5) is 2.47. The zero-order chi connectivity index (χ0) is 15.8. The van der Waals surface area contributed by atoms with Crippen molar-refractivity contribution in [3.63, 3.8) is 0 Å². The third kappa shape index (κ3) is 5.71. The summed E-state index contributed by atoms with van der Waals surface area (Å²) in [6, 6.07) is 9.45. The minimum Gasteiger partial charge on any atom is -0.393 e. The molecule has 1 unspecified atom stereocenters. The molecular formula is C19H32N2O. The summed E-state index contributed by atoms with van der Waals surface area (Å²) in [5.74, 6) is 0. The van der Waals surface area contributed by atoms with Gasteiger partial charge in [-0.3, -0.25) is 0 Å². The molecule has 3 nitrogen and oxygen atoms in total. The fourth-order valence-electron chi connectivity index (χ4n) is 3.14. The minimum absolute atomic E-state index is 0.0647. The quantitative estimate of drug-likeness (QED) is 0.724. The van der Waals surface area contributed by atoms with Crippen molar-refractivity contribution in [1.29, 1.82) is 0 Å². The van der Waals surface area contributed by atoms with Gasteiger partial charge in [0.2, 0.25) is 0 Å². The molecule has 1 aliphatic rings. The number of aryl methyl sites for hydroxylation is 1. The standard InChI is InChI=1S/C19H32N2O/c1-3-5-17-6-8-18(9-7-17)16(2)20-12-4-13-21-14-10-19(22)11-15-21/h6-9,16,19-20,22H,3-5,10-15H2,1-2H3. The Kier molecular flexibility index (Phi) is 7.37. The second kappa shape index (κ2) is 9.29. The van der Waals surface area contributed by atoms with E-state index in [2.05, 4.69) is 48.3 Å². The van der Waals surface area contributed by atoms with Gasteiger partial charge in [-0.05, 0) is 56.8 Å². The zero-order valence-electron chi connectivity index (χ0n) is 14.2. The Labute approximate surface area is 135 Å². The van der Waals surface area contributed by atoms with Crippen molar-refractivity contribution in [2.24, 2.45) is 0 Å². The van der Waals surface area contributed by atoms with Gasteiger partial charge < -0.3 is 15.3 Å². The minimum atomic E-state index is -0.0647. The van der Waals surface area contributed by atoms with Gasteiger partial charge in [-0.1, -0.05) is 37.6 Å². The second-order valence-corrected chi connectivity index (χ2v) is 6.59. The van der Waals surface area contributed by atoms with Crippen molar-refractivity contribution in [1.82, 2.24) is 10.2 Å². The number of rotatable bonds is 8. The van der Waals surface area contributed by atoms with Crippen LogP contribution in [0, 0.1) is 0 Å². The first-order valence-corrected chi connectivity index (χ1v) is 8.91. The SMILES string of the molecule is CCCc1ccc(C(C)NCCCN2CCC(O)CC2)cc1. The molecule has 22 heavy (non-hydrogen) atoms. The van der Waals surface area contributed by atoms with Gasteiger partial charge in [0.1, 0.15) is 0 Å². The van der Waals surface area contributed by atoms with Crippen LogP contribution in [0.1, 0.15) is 56.7 Å². The van der Waals surface area contributed by atoms with E-state index in [1.54, 1.807) is 0 Å². The van der Waals surface area contributed by atoms with Crippen LogP contribution in [-0.2, 0) is 6.42 Å². The van der Waals surface area contributed by atoms with Gasteiger partial charge in [-0.25, -0.2) is 0 Å². The fourth-order valence-corrected chi connectivity index (χ4v) is 3.14. The van der Waals surface area contributed by atoms with Crippen LogP contribution in [-0.4, -0.2) is 42.3 Å². The summed E-state index contributed by atoms with van der Waals surface area (Å²) >= 11 is 0. The number of likely N-dealkylation sites (tertiary alicyclic amines) is 1. The highest BCUT2D eigenvalue weighted by Crippen LogP contribution is 2.14. The first-order valence-electron chi connectivity index (χ1n) is 8.91. The van der Waals surface area contributed by atoms with Crippen LogP contribution in [0.15, 0.2) is 24.3 Å². The average molecular weight is 304 g/mol. The monoisotopic (exact) mass is 304 g/mol. The number of piperidine rings is 1. The predicted molar refractivity (Wildman–Crippen MR) is 93.2 cm³/mol. The Morgan fingerprint density at radius 3 is 2.55 bits per heavy atom. The molecule has 0 aromatic heterocycles. The Morgan fingerprint density at radius 2 is 1.91 bits per heavy atom. The average Bonchev–Trinajstić information content (AvgIpc) is 2.54. The number of nitrogens with one attached hydrogen (secondary N) is 1. The van der Waals surface area contributed by atoms with Crippen molar-refractivity contribution in [2.45, 2.75) is 58.1 Å². The molecule has 1 atom stereocenters.